The van der Waals surface area contributed by atoms with Gasteiger partial charge in [0.15, 0.2) is 17.2 Å². The number of carboxylic acids is 1. The normalized spacial score (nSPS) is 13.0. The van der Waals surface area contributed by atoms with Gasteiger partial charge in [0.1, 0.15) is 13.2 Å². The number of aromatic carboxylic acids is 1. The van der Waals surface area contributed by atoms with Gasteiger partial charge in [-0.2, -0.15) is 0 Å². The quantitative estimate of drug-likeness (QED) is 0.846. The molecule has 102 valence electrons. The number of nitrogen functional groups attached to an aromatic ring is 1. The Hall–Kier alpha value is -2.83. The van der Waals surface area contributed by atoms with Crippen LogP contribution in [0.1, 0.15) is 10.5 Å². The maximum absolute atomic E-state index is 11.0. The van der Waals surface area contributed by atoms with Crippen molar-refractivity contribution >= 4 is 11.9 Å². The molecule has 0 amide bonds. The second-order valence-electron chi connectivity index (χ2n) is 4.16. The number of aromatic nitrogens is 2. The topological polar surface area (TPSA) is 108 Å². The largest absolute Gasteiger partial charge is 0.486 e. The molecule has 0 bridgehead atoms. The Morgan fingerprint density at radius 1 is 1.15 bits per heavy atom. The highest BCUT2D eigenvalue weighted by Gasteiger charge is 2.15. The van der Waals surface area contributed by atoms with Gasteiger partial charge in [0, 0.05) is 5.56 Å². The van der Waals surface area contributed by atoms with E-state index in [1.165, 1.54) is 6.07 Å². The van der Waals surface area contributed by atoms with Gasteiger partial charge in [-0.3, -0.25) is 0 Å². The van der Waals surface area contributed by atoms with Crippen molar-refractivity contribution in [3.8, 4) is 22.8 Å². The Balaban J connectivity index is 2.06. The third kappa shape index (κ3) is 2.20. The van der Waals surface area contributed by atoms with E-state index >= 15 is 0 Å². The molecule has 0 fully saturated rings. The minimum Gasteiger partial charge on any atom is -0.486 e. The number of benzene rings is 1. The second kappa shape index (κ2) is 4.69. The van der Waals surface area contributed by atoms with Crippen LogP contribution in [-0.2, 0) is 0 Å². The van der Waals surface area contributed by atoms with Gasteiger partial charge in [0.25, 0.3) is 0 Å². The van der Waals surface area contributed by atoms with E-state index in [-0.39, 0.29) is 11.6 Å². The maximum Gasteiger partial charge on any atom is 0.354 e. The molecule has 2 heterocycles. The second-order valence-corrected chi connectivity index (χ2v) is 4.16. The highest BCUT2D eigenvalue weighted by atomic mass is 16.6. The summed E-state index contributed by atoms with van der Waals surface area (Å²) < 4.78 is 10.9. The standard InChI is InChI=1S/C13H11N3O4/c14-13-15-8(6-9(16-13)12(17)18)7-1-2-10-11(5-7)20-4-3-19-10/h1-2,5-6H,3-4H2,(H,17,18)(H2,14,15,16). The molecule has 0 spiro atoms. The van der Waals surface area contributed by atoms with E-state index in [0.717, 1.165) is 0 Å². The molecule has 3 rings (SSSR count). The lowest BCUT2D eigenvalue weighted by molar-refractivity contribution is 0.0690. The number of hydrogen-bond acceptors (Lipinski definition) is 6. The average Bonchev–Trinajstić information content (AvgIpc) is 2.46. The average molecular weight is 273 g/mol. The number of ether oxygens (including phenoxy) is 2. The summed E-state index contributed by atoms with van der Waals surface area (Å²) in [5, 5.41) is 8.98. The Kier molecular flexibility index (Phi) is 2.86. The van der Waals surface area contributed by atoms with Crippen LogP contribution in [0.3, 0.4) is 0 Å². The van der Waals surface area contributed by atoms with Gasteiger partial charge < -0.3 is 20.3 Å². The van der Waals surface area contributed by atoms with Gasteiger partial charge in [-0.25, -0.2) is 14.8 Å². The van der Waals surface area contributed by atoms with Crippen molar-refractivity contribution < 1.29 is 19.4 Å². The van der Waals surface area contributed by atoms with Crippen molar-refractivity contribution in [2.45, 2.75) is 0 Å². The molecule has 0 saturated carbocycles. The van der Waals surface area contributed by atoms with Gasteiger partial charge in [0.2, 0.25) is 5.95 Å². The Labute approximate surface area is 114 Å². The molecule has 0 radical (unpaired) electrons. The maximum atomic E-state index is 11.0. The lowest BCUT2D eigenvalue weighted by atomic mass is 10.1. The van der Waals surface area contributed by atoms with Crippen LogP contribution in [-0.4, -0.2) is 34.3 Å². The number of fused-ring (bicyclic) bond motifs is 1. The molecule has 1 aliphatic heterocycles. The van der Waals surface area contributed by atoms with Crippen LogP contribution in [0.25, 0.3) is 11.3 Å². The molecule has 0 saturated heterocycles. The number of carboxylic acid groups (broad SMARTS) is 1. The number of rotatable bonds is 2. The summed E-state index contributed by atoms with van der Waals surface area (Å²) in [5.74, 6) is 0.0102. The molecule has 0 unspecified atom stereocenters. The molecule has 7 nitrogen and oxygen atoms in total. The Morgan fingerprint density at radius 3 is 2.65 bits per heavy atom. The number of hydrogen-bond donors (Lipinski definition) is 2. The molecule has 3 N–H and O–H groups in total. The molecular formula is C13H11N3O4. The predicted molar refractivity (Wildman–Crippen MR) is 69.8 cm³/mol. The molecule has 20 heavy (non-hydrogen) atoms. The summed E-state index contributed by atoms with van der Waals surface area (Å²) in [4.78, 5) is 18.7. The third-order valence-electron chi connectivity index (χ3n) is 2.80. The summed E-state index contributed by atoms with van der Waals surface area (Å²) >= 11 is 0. The summed E-state index contributed by atoms with van der Waals surface area (Å²) in [7, 11) is 0. The predicted octanol–water partition coefficient (Wildman–Crippen LogP) is 1.20. The zero-order valence-electron chi connectivity index (χ0n) is 10.4. The van der Waals surface area contributed by atoms with Gasteiger partial charge in [-0.05, 0) is 24.3 Å². The van der Waals surface area contributed by atoms with Crippen LogP contribution in [0.15, 0.2) is 24.3 Å². The SMILES string of the molecule is Nc1nc(C(=O)O)cc(-c2ccc3c(c2)OCCO3)n1. The minimum absolute atomic E-state index is 0.0882. The first-order chi connectivity index (χ1) is 9.63. The number of carbonyl (C=O) groups is 1. The zero-order chi connectivity index (χ0) is 14.1. The van der Waals surface area contributed by atoms with Crippen molar-refractivity contribution in [3.63, 3.8) is 0 Å². The van der Waals surface area contributed by atoms with Crippen LogP contribution in [0.4, 0.5) is 5.95 Å². The molecule has 0 aliphatic carbocycles. The van der Waals surface area contributed by atoms with Gasteiger partial charge in [-0.1, -0.05) is 0 Å². The lowest BCUT2D eigenvalue weighted by Gasteiger charge is -2.18. The molecule has 0 atom stereocenters. The highest BCUT2D eigenvalue weighted by Crippen LogP contribution is 2.34. The first kappa shape index (κ1) is 12.2. The van der Waals surface area contributed by atoms with E-state index in [4.69, 9.17) is 20.3 Å². The third-order valence-corrected chi connectivity index (χ3v) is 2.80. The zero-order valence-corrected chi connectivity index (χ0v) is 10.4. The van der Waals surface area contributed by atoms with Crippen molar-refractivity contribution in [2.75, 3.05) is 18.9 Å². The Bertz CT molecular complexity index is 687. The van der Waals surface area contributed by atoms with Gasteiger partial charge in [0.05, 0.1) is 5.69 Å². The summed E-state index contributed by atoms with van der Waals surface area (Å²) in [6.07, 6.45) is 0. The van der Waals surface area contributed by atoms with Gasteiger partial charge >= 0.3 is 5.97 Å². The summed E-state index contributed by atoms with van der Waals surface area (Å²) in [5.41, 5.74) is 6.49. The summed E-state index contributed by atoms with van der Waals surface area (Å²) in [6.45, 7) is 0.985. The van der Waals surface area contributed by atoms with E-state index in [9.17, 15) is 4.79 Å². The van der Waals surface area contributed by atoms with Crippen molar-refractivity contribution in [2.24, 2.45) is 0 Å². The lowest BCUT2D eigenvalue weighted by Crippen LogP contribution is -2.15. The molecule has 2 aromatic rings. The van der Waals surface area contributed by atoms with Crippen LogP contribution in [0.5, 0.6) is 11.5 Å². The first-order valence-electron chi connectivity index (χ1n) is 5.91. The Morgan fingerprint density at radius 2 is 1.90 bits per heavy atom. The van der Waals surface area contributed by atoms with E-state index in [1.54, 1.807) is 18.2 Å². The smallest absolute Gasteiger partial charge is 0.354 e. The van der Waals surface area contributed by atoms with Crippen molar-refractivity contribution in [1.82, 2.24) is 9.97 Å². The fourth-order valence-corrected chi connectivity index (χ4v) is 1.93. The van der Waals surface area contributed by atoms with Crippen LogP contribution < -0.4 is 15.2 Å². The molecular weight excluding hydrogens is 262 g/mol. The minimum atomic E-state index is -1.15. The van der Waals surface area contributed by atoms with Crippen LogP contribution in [0, 0.1) is 0 Å². The monoisotopic (exact) mass is 273 g/mol. The fraction of sp³-hybridized carbons (Fsp3) is 0.154. The number of anilines is 1. The van der Waals surface area contributed by atoms with E-state index in [0.29, 0.717) is 36.0 Å². The van der Waals surface area contributed by atoms with Crippen molar-refractivity contribution in [1.29, 1.82) is 0 Å². The molecule has 7 heteroatoms. The highest BCUT2D eigenvalue weighted by molar-refractivity contribution is 5.87. The van der Waals surface area contributed by atoms with Crippen molar-refractivity contribution in [3.05, 3.63) is 30.0 Å². The fourth-order valence-electron chi connectivity index (χ4n) is 1.93. The first-order valence-corrected chi connectivity index (χ1v) is 5.91. The van der Waals surface area contributed by atoms with Crippen LogP contribution in [0.2, 0.25) is 0 Å². The van der Waals surface area contributed by atoms with E-state index in [1.807, 2.05) is 0 Å². The molecule has 1 aromatic carbocycles. The van der Waals surface area contributed by atoms with E-state index in [2.05, 4.69) is 9.97 Å². The molecule has 1 aromatic heterocycles. The number of nitrogens with zero attached hydrogens (tertiary/aromatic N) is 2. The van der Waals surface area contributed by atoms with Crippen LogP contribution >= 0.6 is 0 Å². The number of nitrogens with two attached hydrogens (primary N) is 1. The van der Waals surface area contributed by atoms with E-state index < -0.39 is 5.97 Å². The van der Waals surface area contributed by atoms with Gasteiger partial charge in [-0.15, -0.1) is 0 Å². The summed E-state index contributed by atoms with van der Waals surface area (Å²) in [6, 6.07) is 6.62. The molecule has 1 aliphatic rings.